The maximum atomic E-state index is 11.1. The highest BCUT2D eigenvalue weighted by Gasteiger charge is 2.13. The minimum Gasteiger partial charge on any atom is -0.359 e. The van der Waals surface area contributed by atoms with Crippen molar-refractivity contribution in [3.63, 3.8) is 0 Å². The van der Waals surface area contributed by atoms with Crippen LogP contribution in [0, 0.1) is 0 Å². The largest absolute Gasteiger partial charge is 0.359 e. The van der Waals surface area contributed by atoms with Crippen LogP contribution in [0.1, 0.15) is 50.5 Å². The lowest BCUT2D eigenvalue weighted by Crippen LogP contribution is -2.37. The lowest BCUT2D eigenvalue weighted by atomic mass is 9.99. The highest BCUT2D eigenvalue weighted by molar-refractivity contribution is 14.0. The van der Waals surface area contributed by atoms with Gasteiger partial charge in [0, 0.05) is 31.8 Å². The highest BCUT2D eigenvalue weighted by atomic mass is 127. The molecule has 0 saturated carbocycles. The molecule has 0 aliphatic heterocycles. The zero-order valence-corrected chi connectivity index (χ0v) is 18.0. The molecule has 1 heterocycles. The second kappa shape index (κ2) is 11.7. The van der Waals surface area contributed by atoms with Gasteiger partial charge in [-0.25, -0.2) is 8.42 Å². The number of aliphatic imine (C=N–C) groups is 1. The molecule has 1 rings (SSSR count). The molecular formula is C15H29IN4O3S. The summed E-state index contributed by atoms with van der Waals surface area (Å²) < 4.78 is 27.5. The van der Waals surface area contributed by atoms with Gasteiger partial charge < -0.3 is 15.2 Å². The summed E-state index contributed by atoms with van der Waals surface area (Å²) in [5.41, 5.74) is 0.989. The van der Waals surface area contributed by atoms with E-state index in [1.165, 1.54) is 6.26 Å². The summed E-state index contributed by atoms with van der Waals surface area (Å²) in [5.74, 6) is 1.96. The average Bonchev–Trinajstić information content (AvgIpc) is 2.95. The van der Waals surface area contributed by atoms with E-state index in [4.69, 9.17) is 4.52 Å². The molecule has 0 aliphatic rings. The van der Waals surface area contributed by atoms with Crippen LogP contribution in [0.5, 0.6) is 0 Å². The normalized spacial score (nSPS) is 12.1. The van der Waals surface area contributed by atoms with E-state index in [9.17, 15) is 8.42 Å². The maximum Gasteiger partial charge on any atom is 0.191 e. The molecule has 0 atom stereocenters. The fraction of sp³-hybridized carbons (Fsp3) is 0.733. The molecule has 0 spiro atoms. The minimum atomic E-state index is -2.92. The van der Waals surface area contributed by atoms with Crippen LogP contribution in [0.3, 0.4) is 0 Å². The standard InChI is InChI=1S/C15H28N4O3S.HI/c1-5-12(6-2)14-10-13(22-19-14)11-18-15(16-3)17-8-7-9-23(4,20)21;/h10,12H,5-9,11H2,1-4H3,(H2,16,17,18);1H. The lowest BCUT2D eigenvalue weighted by Gasteiger charge is -2.10. The van der Waals surface area contributed by atoms with Crippen molar-refractivity contribution in [1.29, 1.82) is 0 Å². The van der Waals surface area contributed by atoms with Crippen LogP contribution in [0.4, 0.5) is 0 Å². The quantitative estimate of drug-likeness (QED) is 0.248. The second-order valence-corrected chi connectivity index (χ2v) is 7.83. The van der Waals surface area contributed by atoms with Gasteiger partial charge in [-0.15, -0.1) is 24.0 Å². The lowest BCUT2D eigenvalue weighted by molar-refractivity contribution is 0.368. The Morgan fingerprint density at radius 2 is 2.00 bits per heavy atom. The first-order valence-electron chi connectivity index (χ1n) is 7.97. The number of hydrogen-bond acceptors (Lipinski definition) is 5. The van der Waals surface area contributed by atoms with Crippen molar-refractivity contribution in [2.45, 2.75) is 45.6 Å². The molecule has 7 nitrogen and oxygen atoms in total. The second-order valence-electron chi connectivity index (χ2n) is 5.57. The summed E-state index contributed by atoms with van der Waals surface area (Å²) in [6.45, 7) is 5.31. The van der Waals surface area contributed by atoms with E-state index >= 15 is 0 Å². The van der Waals surface area contributed by atoms with Gasteiger partial charge >= 0.3 is 0 Å². The topological polar surface area (TPSA) is 96.6 Å². The third-order valence-corrected chi connectivity index (χ3v) is 4.65. The number of nitrogens with zero attached hydrogens (tertiary/aromatic N) is 2. The van der Waals surface area contributed by atoms with Crippen molar-refractivity contribution < 1.29 is 12.9 Å². The zero-order chi connectivity index (χ0) is 17.3. The van der Waals surface area contributed by atoms with Gasteiger partial charge in [0.15, 0.2) is 11.7 Å². The molecule has 0 unspecified atom stereocenters. The Morgan fingerprint density at radius 3 is 2.54 bits per heavy atom. The summed E-state index contributed by atoms with van der Waals surface area (Å²) in [5, 5.41) is 10.3. The Morgan fingerprint density at radius 1 is 1.33 bits per heavy atom. The molecule has 0 fully saturated rings. The zero-order valence-electron chi connectivity index (χ0n) is 14.8. The molecule has 0 amide bonds. The van der Waals surface area contributed by atoms with Gasteiger partial charge in [0.05, 0.1) is 18.0 Å². The molecule has 1 aromatic rings. The Kier molecular flexibility index (Phi) is 11.3. The van der Waals surface area contributed by atoms with Gasteiger partial charge in [-0.1, -0.05) is 19.0 Å². The summed E-state index contributed by atoms with van der Waals surface area (Å²) in [6, 6.07) is 1.97. The van der Waals surface area contributed by atoms with Gasteiger partial charge in [0.1, 0.15) is 9.84 Å². The first kappa shape index (κ1) is 23.2. The molecule has 0 aromatic carbocycles. The molecule has 9 heteroatoms. The number of nitrogens with one attached hydrogen (secondary N) is 2. The first-order valence-corrected chi connectivity index (χ1v) is 10.0. The van der Waals surface area contributed by atoms with Crippen molar-refractivity contribution in [2.75, 3.05) is 25.6 Å². The SMILES string of the molecule is CCC(CC)c1cc(CNC(=NC)NCCCS(C)(=O)=O)on1.I. The van der Waals surface area contributed by atoms with E-state index < -0.39 is 9.84 Å². The molecular weight excluding hydrogens is 443 g/mol. The molecule has 0 saturated heterocycles. The molecule has 140 valence electrons. The monoisotopic (exact) mass is 472 g/mol. The number of hydrogen-bond donors (Lipinski definition) is 2. The van der Waals surface area contributed by atoms with E-state index in [1.807, 2.05) is 6.07 Å². The van der Waals surface area contributed by atoms with E-state index in [-0.39, 0.29) is 29.7 Å². The third-order valence-electron chi connectivity index (χ3n) is 3.62. The Labute approximate surface area is 162 Å². The molecule has 1 aromatic heterocycles. The Balaban J connectivity index is 0.00000529. The van der Waals surface area contributed by atoms with E-state index in [2.05, 4.69) is 34.6 Å². The number of guanidine groups is 1. The van der Waals surface area contributed by atoms with E-state index in [1.54, 1.807) is 7.05 Å². The van der Waals surface area contributed by atoms with Crippen molar-refractivity contribution >= 4 is 39.8 Å². The van der Waals surface area contributed by atoms with Crippen LogP contribution in [0.2, 0.25) is 0 Å². The predicted octanol–water partition coefficient (Wildman–Crippen LogP) is 2.30. The van der Waals surface area contributed by atoms with Crippen LogP contribution in [0.15, 0.2) is 15.6 Å². The first-order chi connectivity index (χ1) is 10.9. The number of sulfone groups is 1. The maximum absolute atomic E-state index is 11.1. The summed E-state index contributed by atoms with van der Waals surface area (Å²) in [6.07, 6.45) is 3.86. The smallest absolute Gasteiger partial charge is 0.191 e. The fourth-order valence-corrected chi connectivity index (χ4v) is 2.91. The van der Waals surface area contributed by atoms with Gasteiger partial charge in [0.25, 0.3) is 0 Å². The van der Waals surface area contributed by atoms with Gasteiger partial charge in [-0.2, -0.15) is 0 Å². The van der Waals surface area contributed by atoms with Crippen molar-refractivity contribution in [3.05, 3.63) is 17.5 Å². The third kappa shape index (κ3) is 8.86. The van der Waals surface area contributed by atoms with Crippen LogP contribution in [-0.4, -0.2) is 45.1 Å². The van der Waals surface area contributed by atoms with Crippen LogP contribution < -0.4 is 10.6 Å². The number of rotatable bonds is 9. The van der Waals surface area contributed by atoms with Crippen LogP contribution >= 0.6 is 24.0 Å². The van der Waals surface area contributed by atoms with Crippen molar-refractivity contribution in [2.24, 2.45) is 4.99 Å². The molecule has 0 radical (unpaired) electrons. The Hall–Kier alpha value is -0.840. The predicted molar refractivity (Wildman–Crippen MR) is 108 cm³/mol. The van der Waals surface area contributed by atoms with E-state index in [0.717, 1.165) is 24.3 Å². The minimum absolute atomic E-state index is 0. The molecule has 24 heavy (non-hydrogen) atoms. The van der Waals surface area contributed by atoms with Gasteiger partial charge in [-0.05, 0) is 19.3 Å². The Bertz CT molecular complexity index is 598. The summed E-state index contributed by atoms with van der Waals surface area (Å²) >= 11 is 0. The average molecular weight is 472 g/mol. The van der Waals surface area contributed by atoms with Crippen molar-refractivity contribution in [1.82, 2.24) is 15.8 Å². The molecule has 2 N–H and O–H groups in total. The summed E-state index contributed by atoms with van der Waals surface area (Å²) in [4.78, 5) is 4.09. The van der Waals surface area contributed by atoms with Gasteiger partial charge in [0.2, 0.25) is 0 Å². The van der Waals surface area contributed by atoms with Gasteiger partial charge in [-0.3, -0.25) is 4.99 Å². The highest BCUT2D eigenvalue weighted by Crippen LogP contribution is 2.22. The molecule has 0 aliphatic carbocycles. The number of halogens is 1. The number of aromatic nitrogens is 1. The fourth-order valence-electron chi connectivity index (χ4n) is 2.24. The molecule has 0 bridgehead atoms. The van der Waals surface area contributed by atoms with E-state index in [0.29, 0.717) is 31.4 Å². The van der Waals surface area contributed by atoms with Crippen molar-refractivity contribution in [3.8, 4) is 0 Å². The van der Waals surface area contributed by atoms with Crippen LogP contribution in [0.25, 0.3) is 0 Å². The summed E-state index contributed by atoms with van der Waals surface area (Å²) in [7, 11) is -1.25. The van der Waals surface area contributed by atoms with Crippen LogP contribution in [-0.2, 0) is 16.4 Å².